The molecule has 21 heavy (non-hydrogen) atoms. The number of hydrogen-bond donors (Lipinski definition) is 2. The lowest BCUT2D eigenvalue weighted by atomic mass is 9.75. The van der Waals surface area contributed by atoms with Crippen LogP contribution in [0.15, 0.2) is 24.3 Å². The molecule has 0 aliphatic heterocycles. The number of hydrogen-bond acceptors (Lipinski definition) is 3. The minimum Gasteiger partial charge on any atom is -0.497 e. The summed E-state index contributed by atoms with van der Waals surface area (Å²) in [5, 5.41) is 13.1. The molecule has 1 aromatic carbocycles. The van der Waals surface area contributed by atoms with Gasteiger partial charge in [-0.05, 0) is 67.7 Å². The summed E-state index contributed by atoms with van der Waals surface area (Å²) < 4.78 is 5.21. The SMILES string of the molecule is COc1ccc(C2CC(NCC3CCCC3CO)C2)cc1. The Morgan fingerprint density at radius 3 is 2.52 bits per heavy atom. The molecule has 116 valence electrons. The van der Waals surface area contributed by atoms with Gasteiger partial charge in [-0.2, -0.15) is 0 Å². The first-order chi connectivity index (χ1) is 10.3. The molecular weight excluding hydrogens is 262 g/mol. The maximum Gasteiger partial charge on any atom is 0.118 e. The van der Waals surface area contributed by atoms with E-state index in [1.807, 2.05) is 0 Å². The Morgan fingerprint density at radius 2 is 1.86 bits per heavy atom. The summed E-state index contributed by atoms with van der Waals surface area (Å²) in [6, 6.07) is 9.16. The van der Waals surface area contributed by atoms with E-state index in [9.17, 15) is 5.11 Å². The molecule has 2 unspecified atom stereocenters. The first-order valence-electron chi connectivity index (χ1n) is 8.28. The monoisotopic (exact) mass is 289 g/mol. The lowest BCUT2D eigenvalue weighted by Gasteiger charge is -2.37. The maximum atomic E-state index is 9.37. The van der Waals surface area contributed by atoms with Crippen LogP contribution in [0.5, 0.6) is 5.75 Å². The predicted octanol–water partition coefficient (Wildman–Crippen LogP) is 2.94. The van der Waals surface area contributed by atoms with Gasteiger partial charge in [0.05, 0.1) is 7.11 Å². The highest BCUT2D eigenvalue weighted by Crippen LogP contribution is 2.38. The van der Waals surface area contributed by atoms with Crippen molar-refractivity contribution in [2.75, 3.05) is 20.3 Å². The topological polar surface area (TPSA) is 41.5 Å². The zero-order chi connectivity index (χ0) is 14.7. The highest BCUT2D eigenvalue weighted by molar-refractivity contribution is 5.30. The van der Waals surface area contributed by atoms with E-state index in [0.29, 0.717) is 30.4 Å². The molecule has 2 N–H and O–H groups in total. The molecule has 3 nitrogen and oxygen atoms in total. The van der Waals surface area contributed by atoms with Gasteiger partial charge < -0.3 is 15.2 Å². The first kappa shape index (κ1) is 14.9. The third-order valence-corrected chi connectivity index (χ3v) is 5.44. The van der Waals surface area contributed by atoms with E-state index < -0.39 is 0 Å². The molecule has 0 heterocycles. The number of benzene rings is 1. The lowest BCUT2D eigenvalue weighted by Crippen LogP contribution is -2.42. The number of aliphatic hydroxyl groups excluding tert-OH is 1. The van der Waals surface area contributed by atoms with Gasteiger partial charge in [0.1, 0.15) is 5.75 Å². The van der Waals surface area contributed by atoms with E-state index in [2.05, 4.69) is 29.6 Å². The molecule has 2 atom stereocenters. The normalized spacial score (nSPS) is 31.9. The fourth-order valence-electron chi connectivity index (χ4n) is 3.87. The standard InChI is InChI=1S/C18H27NO2/c1-21-18-7-5-13(6-8-18)16-9-17(10-16)19-11-14-3-2-4-15(14)12-20/h5-8,14-17,19-20H,2-4,9-12H2,1H3. The summed E-state index contributed by atoms with van der Waals surface area (Å²) in [6.45, 7) is 1.46. The minimum absolute atomic E-state index is 0.367. The Morgan fingerprint density at radius 1 is 1.14 bits per heavy atom. The minimum atomic E-state index is 0.367. The number of rotatable bonds is 6. The van der Waals surface area contributed by atoms with Crippen LogP contribution in [-0.2, 0) is 0 Å². The molecule has 0 bridgehead atoms. The van der Waals surface area contributed by atoms with Crippen LogP contribution in [0, 0.1) is 11.8 Å². The molecule has 3 heteroatoms. The number of ether oxygens (including phenoxy) is 1. The molecule has 2 aliphatic carbocycles. The number of aliphatic hydroxyl groups is 1. The summed E-state index contributed by atoms with van der Waals surface area (Å²) >= 11 is 0. The number of nitrogens with one attached hydrogen (secondary N) is 1. The van der Waals surface area contributed by atoms with E-state index >= 15 is 0 Å². The van der Waals surface area contributed by atoms with Gasteiger partial charge in [-0.15, -0.1) is 0 Å². The van der Waals surface area contributed by atoms with Crippen molar-refractivity contribution in [2.45, 2.75) is 44.1 Å². The first-order valence-corrected chi connectivity index (χ1v) is 8.28. The predicted molar refractivity (Wildman–Crippen MR) is 84.7 cm³/mol. The summed E-state index contributed by atoms with van der Waals surface area (Å²) in [7, 11) is 1.71. The van der Waals surface area contributed by atoms with Crippen LogP contribution in [0.3, 0.4) is 0 Å². The van der Waals surface area contributed by atoms with Crippen LogP contribution in [0.2, 0.25) is 0 Å². The molecule has 1 aromatic rings. The molecule has 2 aliphatic rings. The van der Waals surface area contributed by atoms with Gasteiger partial charge in [0, 0.05) is 12.6 Å². The van der Waals surface area contributed by atoms with Crippen LogP contribution in [0.4, 0.5) is 0 Å². The van der Waals surface area contributed by atoms with Crippen molar-refractivity contribution in [3.63, 3.8) is 0 Å². The Bertz CT molecular complexity index is 439. The van der Waals surface area contributed by atoms with Crippen molar-refractivity contribution >= 4 is 0 Å². The van der Waals surface area contributed by atoms with Crippen LogP contribution in [0.1, 0.15) is 43.6 Å². The Labute approximate surface area is 127 Å². The molecule has 3 rings (SSSR count). The Balaban J connectivity index is 1.41. The second-order valence-corrected chi connectivity index (χ2v) is 6.68. The van der Waals surface area contributed by atoms with Crippen molar-refractivity contribution in [2.24, 2.45) is 11.8 Å². The third kappa shape index (κ3) is 3.41. The molecule has 0 aromatic heterocycles. The van der Waals surface area contributed by atoms with Gasteiger partial charge in [0.25, 0.3) is 0 Å². The fraction of sp³-hybridized carbons (Fsp3) is 0.667. The van der Waals surface area contributed by atoms with Crippen molar-refractivity contribution in [3.8, 4) is 5.75 Å². The maximum absolute atomic E-state index is 9.37. The van der Waals surface area contributed by atoms with Gasteiger partial charge in [0.2, 0.25) is 0 Å². The van der Waals surface area contributed by atoms with Crippen molar-refractivity contribution in [1.82, 2.24) is 5.32 Å². The van der Waals surface area contributed by atoms with E-state index in [0.717, 1.165) is 12.3 Å². The van der Waals surface area contributed by atoms with Crippen LogP contribution in [0.25, 0.3) is 0 Å². The van der Waals surface area contributed by atoms with Crippen LogP contribution in [-0.4, -0.2) is 31.4 Å². The molecule has 2 saturated carbocycles. The van der Waals surface area contributed by atoms with E-state index in [1.165, 1.54) is 37.7 Å². The van der Waals surface area contributed by atoms with E-state index in [4.69, 9.17) is 4.74 Å². The molecule has 0 amide bonds. The largest absolute Gasteiger partial charge is 0.497 e. The fourth-order valence-corrected chi connectivity index (χ4v) is 3.87. The van der Waals surface area contributed by atoms with Gasteiger partial charge in [-0.3, -0.25) is 0 Å². The summed E-state index contributed by atoms with van der Waals surface area (Å²) in [4.78, 5) is 0. The highest BCUT2D eigenvalue weighted by atomic mass is 16.5. The molecule has 0 radical (unpaired) electrons. The van der Waals surface area contributed by atoms with Crippen molar-refractivity contribution in [1.29, 1.82) is 0 Å². The lowest BCUT2D eigenvalue weighted by molar-refractivity contribution is 0.182. The van der Waals surface area contributed by atoms with Gasteiger partial charge >= 0.3 is 0 Å². The quantitative estimate of drug-likeness (QED) is 0.846. The van der Waals surface area contributed by atoms with E-state index in [-0.39, 0.29) is 0 Å². The van der Waals surface area contributed by atoms with Gasteiger partial charge in [-0.1, -0.05) is 18.6 Å². The zero-order valence-corrected chi connectivity index (χ0v) is 12.9. The zero-order valence-electron chi connectivity index (χ0n) is 12.9. The summed E-state index contributed by atoms with van der Waals surface area (Å²) in [6.07, 6.45) is 6.26. The van der Waals surface area contributed by atoms with Crippen LogP contribution < -0.4 is 10.1 Å². The summed E-state index contributed by atoms with van der Waals surface area (Å²) in [5.74, 6) is 2.86. The average Bonchev–Trinajstić information content (AvgIpc) is 2.94. The summed E-state index contributed by atoms with van der Waals surface area (Å²) in [5.41, 5.74) is 1.43. The molecule has 2 fully saturated rings. The smallest absolute Gasteiger partial charge is 0.118 e. The van der Waals surface area contributed by atoms with Gasteiger partial charge in [0.15, 0.2) is 0 Å². The molecule has 0 saturated heterocycles. The second-order valence-electron chi connectivity index (χ2n) is 6.68. The average molecular weight is 289 g/mol. The van der Waals surface area contributed by atoms with Crippen molar-refractivity contribution in [3.05, 3.63) is 29.8 Å². The van der Waals surface area contributed by atoms with Gasteiger partial charge in [-0.25, -0.2) is 0 Å². The van der Waals surface area contributed by atoms with E-state index in [1.54, 1.807) is 7.11 Å². The Hall–Kier alpha value is -1.06. The van der Waals surface area contributed by atoms with Crippen molar-refractivity contribution < 1.29 is 9.84 Å². The van der Waals surface area contributed by atoms with Crippen LogP contribution >= 0.6 is 0 Å². The molecule has 0 spiro atoms. The second kappa shape index (κ2) is 6.80. The third-order valence-electron chi connectivity index (χ3n) is 5.44. The Kier molecular flexibility index (Phi) is 4.81. The number of methoxy groups -OCH3 is 1. The molecular formula is C18H27NO2. The highest BCUT2D eigenvalue weighted by Gasteiger charge is 2.32.